The number of phenols is 1. The fourth-order valence-electron chi connectivity index (χ4n) is 1.80. The molecular formula is C11H14ClNO. The number of phenolic OH excluding ortho intramolecular Hbond substituents is 1. The van der Waals surface area contributed by atoms with E-state index >= 15 is 0 Å². The maximum absolute atomic E-state index is 9.17. The van der Waals surface area contributed by atoms with Crippen molar-refractivity contribution in [1.29, 1.82) is 0 Å². The highest BCUT2D eigenvalue weighted by atomic mass is 35.5. The van der Waals surface area contributed by atoms with Gasteiger partial charge in [0.25, 0.3) is 0 Å². The molecule has 0 aliphatic carbocycles. The predicted octanol–water partition coefficient (Wildman–Crippen LogP) is 2.08. The second kappa shape index (κ2) is 4.20. The van der Waals surface area contributed by atoms with E-state index < -0.39 is 0 Å². The summed E-state index contributed by atoms with van der Waals surface area (Å²) in [6.07, 6.45) is 1.19. The maximum Gasteiger partial charge on any atom is 0.115 e. The van der Waals surface area contributed by atoms with E-state index in [1.165, 1.54) is 12.0 Å². The fraction of sp³-hybridized carbons (Fsp3) is 0.455. The Morgan fingerprint density at radius 1 is 1.43 bits per heavy atom. The van der Waals surface area contributed by atoms with Gasteiger partial charge in [0.1, 0.15) is 5.75 Å². The molecule has 2 nitrogen and oxygen atoms in total. The van der Waals surface area contributed by atoms with Crippen LogP contribution in [0.2, 0.25) is 0 Å². The van der Waals surface area contributed by atoms with Gasteiger partial charge in [-0.25, -0.2) is 0 Å². The first-order chi connectivity index (χ1) is 6.81. The lowest BCUT2D eigenvalue weighted by molar-refractivity contribution is 0.329. The highest BCUT2D eigenvalue weighted by Crippen LogP contribution is 2.27. The summed E-state index contributed by atoms with van der Waals surface area (Å²) in [5.41, 5.74) is 1.20. The predicted molar refractivity (Wildman–Crippen MR) is 58.0 cm³/mol. The second-order valence-electron chi connectivity index (χ2n) is 3.70. The molecule has 2 rings (SSSR count). The molecule has 3 heteroatoms. The summed E-state index contributed by atoms with van der Waals surface area (Å²) in [5.74, 6) is 1.30. The van der Waals surface area contributed by atoms with E-state index in [0.717, 1.165) is 6.54 Å². The Balaban J connectivity index is 2.14. The summed E-state index contributed by atoms with van der Waals surface area (Å²) in [5, 5.41) is 12.5. The van der Waals surface area contributed by atoms with Crippen LogP contribution in [0, 0.1) is 0 Å². The minimum Gasteiger partial charge on any atom is -0.508 e. The minimum absolute atomic E-state index is 0.309. The number of hydrogen-bond donors (Lipinski definition) is 2. The third-order valence-corrected chi connectivity index (χ3v) is 3.17. The first-order valence-electron chi connectivity index (χ1n) is 4.89. The zero-order valence-corrected chi connectivity index (χ0v) is 8.67. The van der Waals surface area contributed by atoms with E-state index in [1.54, 1.807) is 12.1 Å². The number of hydrogen-bond acceptors (Lipinski definition) is 2. The van der Waals surface area contributed by atoms with Gasteiger partial charge in [0.05, 0.1) is 0 Å². The molecule has 0 spiro atoms. The average Bonchev–Trinajstić information content (AvgIpc) is 2.13. The molecule has 2 unspecified atom stereocenters. The van der Waals surface area contributed by atoms with Gasteiger partial charge in [-0.1, -0.05) is 12.1 Å². The van der Waals surface area contributed by atoms with Gasteiger partial charge in [0, 0.05) is 17.8 Å². The van der Waals surface area contributed by atoms with Gasteiger partial charge < -0.3 is 10.4 Å². The van der Waals surface area contributed by atoms with Crippen molar-refractivity contribution in [3.63, 3.8) is 0 Å². The van der Waals surface area contributed by atoms with E-state index in [0.29, 0.717) is 23.6 Å². The van der Waals surface area contributed by atoms with E-state index in [2.05, 4.69) is 5.32 Å². The summed E-state index contributed by atoms with van der Waals surface area (Å²) < 4.78 is 0. The Morgan fingerprint density at radius 3 is 2.50 bits per heavy atom. The molecule has 76 valence electrons. The zero-order chi connectivity index (χ0) is 9.97. The van der Waals surface area contributed by atoms with Crippen molar-refractivity contribution in [2.45, 2.75) is 18.4 Å². The standard InChI is InChI=1S/C11H14ClNO/c12-7-10(11-5-6-13-11)8-1-3-9(14)4-2-8/h1-4,10-11,13-14H,5-7H2. The first-order valence-corrected chi connectivity index (χ1v) is 5.43. The van der Waals surface area contributed by atoms with Gasteiger partial charge in [-0.05, 0) is 30.7 Å². The maximum atomic E-state index is 9.17. The van der Waals surface area contributed by atoms with Gasteiger partial charge in [-0.3, -0.25) is 0 Å². The molecule has 2 N–H and O–H groups in total. The molecule has 0 radical (unpaired) electrons. The third kappa shape index (κ3) is 1.86. The number of aromatic hydroxyl groups is 1. The molecule has 1 saturated heterocycles. The van der Waals surface area contributed by atoms with Crippen LogP contribution in [0.25, 0.3) is 0 Å². The molecule has 14 heavy (non-hydrogen) atoms. The molecule has 1 aliphatic heterocycles. The molecule has 0 saturated carbocycles. The fourth-order valence-corrected chi connectivity index (χ4v) is 2.20. The van der Waals surface area contributed by atoms with Crippen molar-refractivity contribution in [3.8, 4) is 5.75 Å². The van der Waals surface area contributed by atoms with Crippen LogP contribution in [0.4, 0.5) is 0 Å². The Morgan fingerprint density at radius 2 is 2.07 bits per heavy atom. The van der Waals surface area contributed by atoms with Gasteiger partial charge >= 0.3 is 0 Å². The average molecular weight is 212 g/mol. The Labute approximate surface area is 88.9 Å². The molecule has 2 atom stereocenters. The summed E-state index contributed by atoms with van der Waals surface area (Å²) in [6, 6.07) is 7.84. The molecule has 1 aliphatic rings. The van der Waals surface area contributed by atoms with Gasteiger partial charge in [-0.2, -0.15) is 0 Å². The van der Waals surface area contributed by atoms with E-state index in [4.69, 9.17) is 11.6 Å². The highest BCUT2D eigenvalue weighted by Gasteiger charge is 2.26. The zero-order valence-electron chi connectivity index (χ0n) is 7.91. The normalized spacial score (nSPS) is 22.8. The van der Waals surface area contributed by atoms with Crippen molar-refractivity contribution in [2.75, 3.05) is 12.4 Å². The van der Waals surface area contributed by atoms with Crippen LogP contribution >= 0.6 is 11.6 Å². The quantitative estimate of drug-likeness (QED) is 0.751. The summed E-state index contributed by atoms with van der Waals surface area (Å²) >= 11 is 5.95. The number of halogens is 1. The molecular weight excluding hydrogens is 198 g/mol. The smallest absolute Gasteiger partial charge is 0.115 e. The molecule has 1 aromatic rings. The molecule has 1 heterocycles. The van der Waals surface area contributed by atoms with Crippen molar-refractivity contribution >= 4 is 11.6 Å². The number of alkyl halides is 1. The monoisotopic (exact) mass is 211 g/mol. The van der Waals surface area contributed by atoms with E-state index in [-0.39, 0.29) is 0 Å². The van der Waals surface area contributed by atoms with Crippen LogP contribution in [0.1, 0.15) is 17.9 Å². The summed E-state index contributed by atoms with van der Waals surface area (Å²) in [7, 11) is 0. The van der Waals surface area contributed by atoms with Crippen molar-refractivity contribution < 1.29 is 5.11 Å². The number of rotatable bonds is 3. The SMILES string of the molecule is Oc1ccc(C(CCl)C2CCN2)cc1. The first kappa shape index (κ1) is 9.81. The topological polar surface area (TPSA) is 32.3 Å². The number of benzene rings is 1. The van der Waals surface area contributed by atoms with Crippen LogP contribution in [0.15, 0.2) is 24.3 Å². The second-order valence-corrected chi connectivity index (χ2v) is 4.01. The van der Waals surface area contributed by atoms with Crippen LogP contribution < -0.4 is 5.32 Å². The molecule has 1 fully saturated rings. The molecule has 0 amide bonds. The van der Waals surface area contributed by atoms with Gasteiger partial charge in [0.15, 0.2) is 0 Å². The molecule has 0 bridgehead atoms. The van der Waals surface area contributed by atoms with Crippen LogP contribution in [-0.2, 0) is 0 Å². The lowest BCUT2D eigenvalue weighted by atomic mass is 9.87. The summed E-state index contributed by atoms with van der Waals surface area (Å²) in [4.78, 5) is 0. The lowest BCUT2D eigenvalue weighted by Crippen LogP contribution is -2.47. The number of nitrogens with one attached hydrogen (secondary N) is 1. The summed E-state index contributed by atoms with van der Waals surface area (Å²) in [6.45, 7) is 1.09. The van der Waals surface area contributed by atoms with E-state index in [9.17, 15) is 5.11 Å². The van der Waals surface area contributed by atoms with E-state index in [1.807, 2.05) is 12.1 Å². The highest BCUT2D eigenvalue weighted by molar-refractivity contribution is 6.18. The Bertz CT molecular complexity index is 295. The Kier molecular flexibility index (Phi) is 2.94. The van der Waals surface area contributed by atoms with Gasteiger partial charge in [0.2, 0.25) is 0 Å². The Hall–Kier alpha value is -0.730. The minimum atomic E-state index is 0.309. The van der Waals surface area contributed by atoms with Crippen molar-refractivity contribution in [3.05, 3.63) is 29.8 Å². The van der Waals surface area contributed by atoms with Crippen LogP contribution in [0.3, 0.4) is 0 Å². The lowest BCUT2D eigenvalue weighted by Gasteiger charge is -2.34. The largest absolute Gasteiger partial charge is 0.508 e. The van der Waals surface area contributed by atoms with Crippen molar-refractivity contribution in [1.82, 2.24) is 5.32 Å². The molecule has 1 aromatic carbocycles. The molecule has 0 aromatic heterocycles. The van der Waals surface area contributed by atoms with Gasteiger partial charge in [-0.15, -0.1) is 11.6 Å². The third-order valence-electron chi connectivity index (χ3n) is 2.84. The van der Waals surface area contributed by atoms with Crippen LogP contribution in [-0.4, -0.2) is 23.6 Å². The van der Waals surface area contributed by atoms with Crippen LogP contribution in [0.5, 0.6) is 5.75 Å². The van der Waals surface area contributed by atoms with Crippen molar-refractivity contribution in [2.24, 2.45) is 0 Å².